The minimum absolute atomic E-state index is 0.0288. The Hall–Kier alpha value is -6.43. The summed E-state index contributed by atoms with van der Waals surface area (Å²) in [5.74, 6) is -15.1. The average Bonchev–Trinajstić information content (AvgIpc) is 3.25. The zero-order valence-electron chi connectivity index (χ0n) is 32.4. The molecule has 0 heterocycles. The van der Waals surface area contributed by atoms with Gasteiger partial charge in [0.15, 0.2) is 29.1 Å². The maximum absolute atomic E-state index is 15.1. The number of carbonyl (C=O) groups excluding carboxylic acids is 4. The molecule has 0 bridgehead atoms. The summed E-state index contributed by atoms with van der Waals surface area (Å²) in [7, 11) is 0. The number of hydrogen-bond donors (Lipinski definition) is 13. The van der Waals surface area contributed by atoms with Gasteiger partial charge in [0.1, 0.15) is 23.0 Å². The topological polar surface area (TPSA) is 282 Å². The molecule has 0 unspecified atom stereocenters. The van der Waals surface area contributed by atoms with Gasteiger partial charge < -0.3 is 67.6 Å². The van der Waals surface area contributed by atoms with Crippen molar-refractivity contribution in [1.29, 1.82) is 0 Å². The number of aromatic hydroxyl groups is 4. The molecule has 0 amide bonds. The van der Waals surface area contributed by atoms with Crippen molar-refractivity contribution in [2.45, 2.75) is 0 Å². The third kappa shape index (κ3) is 8.96. The number of benzene rings is 4. The molecule has 17 nitrogen and oxygen atoms in total. The number of carbonyl (C=O) groups is 4. The molecule has 0 saturated carbocycles. The Balaban J connectivity index is 0.000000238. The fraction of sp³-hybridized carbons (Fsp3) is 0.300. The molecule has 0 radical (unpaired) electrons. The van der Waals surface area contributed by atoms with Gasteiger partial charge in [-0.2, -0.15) is 0 Å². The zero-order valence-corrected chi connectivity index (χ0v) is 32.4. The van der Waals surface area contributed by atoms with Gasteiger partial charge in [0.05, 0.1) is 81.4 Å². The molecule has 2 aliphatic rings. The van der Waals surface area contributed by atoms with Crippen molar-refractivity contribution in [1.82, 2.24) is 16.0 Å². The fourth-order valence-corrected chi connectivity index (χ4v) is 6.76. The molecule has 0 aromatic heterocycles. The number of nitrogens with one attached hydrogen (secondary N) is 6. The molecule has 4 aromatic carbocycles. The molecule has 62 heavy (non-hydrogen) atoms. The number of aliphatic hydroxyl groups is 3. The van der Waals surface area contributed by atoms with Gasteiger partial charge in [-0.25, -0.2) is 22.0 Å². The number of rotatable bonds is 18. The van der Waals surface area contributed by atoms with E-state index in [2.05, 4.69) is 31.9 Å². The van der Waals surface area contributed by atoms with E-state index in [1.165, 1.54) is 0 Å². The molecular weight excluding hydrogens is 835 g/mol. The first-order valence-electron chi connectivity index (χ1n) is 18.9. The number of phenolic OH excluding ortho intramolecular Hbond substituents is 4. The van der Waals surface area contributed by atoms with E-state index in [0.29, 0.717) is 0 Å². The standard InChI is InChI=1S/C22H26F2N4O6.C18H15F3N2O5/c23-17-18(24)20(28-6-4-26-8-10-30)16-15(19(17)27-5-3-25-7-9-29)21(33)13-11(31)1-2-12(32)14(13)22(16)34;19-13-11-12(16(15(21)14(13)20)23-4-3-22-5-6-24)18(28)10-8(26)2-1-7(25)9(10)17(11)27/h1-2,25-32H,3-10H2;1-2,22-26H,3-6H2. The summed E-state index contributed by atoms with van der Waals surface area (Å²) in [5, 5.41) is 82.8. The summed E-state index contributed by atoms with van der Waals surface area (Å²) in [4.78, 5) is 52.2. The van der Waals surface area contributed by atoms with Crippen molar-refractivity contribution >= 4 is 40.2 Å². The van der Waals surface area contributed by atoms with E-state index in [9.17, 15) is 52.8 Å². The quantitative estimate of drug-likeness (QED) is 0.0252. The number of aliphatic hydroxyl groups excluding tert-OH is 3. The number of ketones is 4. The summed E-state index contributed by atoms with van der Waals surface area (Å²) >= 11 is 0. The second-order valence-electron chi connectivity index (χ2n) is 13.4. The number of fused-ring (bicyclic) bond motifs is 4. The Labute approximate surface area is 348 Å². The van der Waals surface area contributed by atoms with Gasteiger partial charge in [-0.3, -0.25) is 19.2 Å². The first-order valence-corrected chi connectivity index (χ1v) is 18.9. The second-order valence-corrected chi connectivity index (χ2v) is 13.4. The fourth-order valence-electron chi connectivity index (χ4n) is 6.76. The zero-order chi connectivity index (χ0) is 45.4. The molecule has 0 saturated heterocycles. The van der Waals surface area contributed by atoms with E-state index in [0.717, 1.165) is 24.3 Å². The van der Waals surface area contributed by atoms with Crippen molar-refractivity contribution in [2.24, 2.45) is 0 Å². The van der Waals surface area contributed by atoms with Crippen LogP contribution in [0.1, 0.15) is 63.7 Å². The third-order valence-electron chi connectivity index (χ3n) is 9.52. The highest BCUT2D eigenvalue weighted by atomic mass is 19.2. The van der Waals surface area contributed by atoms with Gasteiger partial charge in [0, 0.05) is 58.9 Å². The molecule has 4 aromatic rings. The van der Waals surface area contributed by atoms with E-state index in [1.54, 1.807) is 0 Å². The highest BCUT2D eigenvalue weighted by molar-refractivity contribution is 6.34. The van der Waals surface area contributed by atoms with Crippen LogP contribution in [0.15, 0.2) is 24.3 Å². The van der Waals surface area contributed by atoms with Crippen molar-refractivity contribution < 1.29 is 76.9 Å². The monoisotopic (exact) mass is 876 g/mol. The SMILES string of the molecule is O=C1c2c(O)ccc(O)c2C(=O)c2c(NCCNCCO)c(F)c(F)c(F)c21.O=C1c2c(O)ccc(O)c2C(=O)c2c(NCCNCCO)c(F)c(F)c(NCCNCCO)c21. The van der Waals surface area contributed by atoms with E-state index in [4.69, 9.17) is 15.3 Å². The largest absolute Gasteiger partial charge is 0.507 e. The first kappa shape index (κ1) is 46.6. The molecule has 0 spiro atoms. The maximum atomic E-state index is 15.1. The van der Waals surface area contributed by atoms with Crippen molar-refractivity contribution in [3.8, 4) is 23.0 Å². The van der Waals surface area contributed by atoms with Crippen molar-refractivity contribution in [2.75, 3.05) is 94.7 Å². The van der Waals surface area contributed by atoms with Gasteiger partial charge in [0.2, 0.25) is 23.1 Å². The third-order valence-corrected chi connectivity index (χ3v) is 9.52. The Kier molecular flexibility index (Phi) is 15.4. The lowest BCUT2D eigenvalue weighted by atomic mass is 9.81. The van der Waals surface area contributed by atoms with Crippen LogP contribution in [0, 0.1) is 29.1 Å². The summed E-state index contributed by atoms with van der Waals surface area (Å²) in [6, 6.07) is 3.94. The van der Waals surface area contributed by atoms with E-state index in [-0.39, 0.29) is 78.7 Å². The van der Waals surface area contributed by atoms with Crippen LogP contribution in [-0.2, 0) is 0 Å². The normalized spacial score (nSPS) is 12.6. The minimum atomic E-state index is -1.95. The Morgan fingerprint density at radius 1 is 0.339 bits per heavy atom. The van der Waals surface area contributed by atoms with Crippen LogP contribution >= 0.6 is 0 Å². The molecule has 22 heteroatoms. The van der Waals surface area contributed by atoms with Gasteiger partial charge in [-0.1, -0.05) is 0 Å². The van der Waals surface area contributed by atoms with Crippen LogP contribution in [0.5, 0.6) is 23.0 Å². The molecule has 0 atom stereocenters. The van der Waals surface area contributed by atoms with Gasteiger partial charge in [-0.05, 0) is 24.3 Å². The highest BCUT2D eigenvalue weighted by Crippen LogP contribution is 2.45. The molecule has 2 aliphatic carbocycles. The predicted molar refractivity (Wildman–Crippen MR) is 211 cm³/mol. The molecule has 0 aliphatic heterocycles. The Morgan fingerprint density at radius 3 is 0.887 bits per heavy atom. The van der Waals surface area contributed by atoms with E-state index < -0.39 is 137 Å². The van der Waals surface area contributed by atoms with E-state index in [1.807, 2.05) is 0 Å². The lowest BCUT2D eigenvalue weighted by molar-refractivity contribution is 0.0969. The Morgan fingerprint density at radius 2 is 0.597 bits per heavy atom. The van der Waals surface area contributed by atoms with Crippen LogP contribution in [0.4, 0.5) is 39.0 Å². The summed E-state index contributed by atoms with van der Waals surface area (Å²) in [6.07, 6.45) is 0. The molecule has 0 fully saturated rings. The molecule has 6 rings (SSSR count). The first-order chi connectivity index (χ1) is 29.7. The average molecular weight is 877 g/mol. The minimum Gasteiger partial charge on any atom is -0.507 e. The van der Waals surface area contributed by atoms with Crippen molar-refractivity contribution in [3.05, 3.63) is 97.9 Å². The molecular formula is C40H41F5N6O11. The van der Waals surface area contributed by atoms with Gasteiger partial charge in [-0.15, -0.1) is 0 Å². The van der Waals surface area contributed by atoms with E-state index >= 15 is 8.78 Å². The molecule has 13 N–H and O–H groups in total. The molecule has 332 valence electrons. The highest BCUT2D eigenvalue weighted by Gasteiger charge is 2.43. The van der Waals surface area contributed by atoms with Crippen LogP contribution in [-0.4, -0.2) is 138 Å². The predicted octanol–water partition coefficient (Wildman–Crippen LogP) is 1.42. The van der Waals surface area contributed by atoms with Gasteiger partial charge >= 0.3 is 0 Å². The van der Waals surface area contributed by atoms with Crippen LogP contribution in [0.25, 0.3) is 0 Å². The smallest absolute Gasteiger partial charge is 0.201 e. The Bertz CT molecular complexity index is 2340. The maximum Gasteiger partial charge on any atom is 0.201 e. The van der Waals surface area contributed by atoms with Gasteiger partial charge in [0.25, 0.3) is 0 Å². The summed E-state index contributed by atoms with van der Waals surface area (Å²) < 4.78 is 73.1. The summed E-state index contributed by atoms with van der Waals surface area (Å²) in [6.45, 7) is 1.02. The number of phenols is 4. The summed E-state index contributed by atoms with van der Waals surface area (Å²) in [5.41, 5.74) is -6.85. The lowest BCUT2D eigenvalue weighted by Gasteiger charge is -2.26. The van der Waals surface area contributed by atoms with Crippen LogP contribution in [0.2, 0.25) is 0 Å². The number of anilines is 3. The lowest BCUT2D eigenvalue weighted by Crippen LogP contribution is -2.30. The van der Waals surface area contributed by atoms with Crippen LogP contribution < -0.4 is 31.9 Å². The number of halogens is 5. The number of hydrogen-bond acceptors (Lipinski definition) is 17. The van der Waals surface area contributed by atoms with Crippen molar-refractivity contribution in [3.63, 3.8) is 0 Å². The second kappa shape index (κ2) is 20.4. The van der Waals surface area contributed by atoms with Crippen LogP contribution in [0.3, 0.4) is 0 Å².